The molecule has 0 unspecified atom stereocenters. The maximum absolute atomic E-state index is 8.88. The monoisotopic (exact) mass is 73.0 g/mol. The van der Waals surface area contributed by atoms with E-state index in [9.17, 15) is 0 Å². The predicted octanol–water partition coefficient (Wildman–Crippen LogP) is -0.345. The molecule has 0 aromatic rings. The van der Waals surface area contributed by atoms with Gasteiger partial charge in [0.15, 0.2) is 0 Å². The van der Waals surface area contributed by atoms with Crippen LogP contribution in [0, 0.1) is 4.91 Å². The molecule has 0 rings (SSSR count). The lowest BCUT2D eigenvalue weighted by molar-refractivity contribution is 1.22. The number of hydrogen-bond donors (Lipinski definition) is 1. The molecular weight excluding hydrogens is 70.0 g/mol. The molecule has 28 valence electrons. The summed E-state index contributed by atoms with van der Waals surface area (Å²) in [6.45, 7) is 0. The second kappa shape index (κ2) is 3.07. The van der Waals surface area contributed by atoms with Crippen molar-refractivity contribution in [2.45, 2.75) is 0 Å². The Kier molecular flexibility index (Phi) is 2.50. The maximum atomic E-state index is 8.88. The molecule has 0 bridgehead atoms. The molecule has 4 heteroatoms. The van der Waals surface area contributed by atoms with Crippen LogP contribution in [0.25, 0.3) is 0 Å². The first-order chi connectivity index (χ1) is 2.41. The van der Waals surface area contributed by atoms with Crippen molar-refractivity contribution in [3.63, 3.8) is 0 Å². The number of rotatable bonds is 1. The lowest BCUT2D eigenvalue weighted by Gasteiger charge is -1.54. The Hall–Kier alpha value is -0.930. The summed E-state index contributed by atoms with van der Waals surface area (Å²) in [4.78, 5) is 8.88. The first-order valence-corrected chi connectivity index (χ1v) is 0.974. The van der Waals surface area contributed by atoms with Crippen LogP contribution in [0.5, 0.6) is 0 Å². The Morgan fingerprint density at radius 3 is 2.40 bits per heavy atom. The molecule has 2 N–H and O–H groups in total. The zero-order valence-electron chi connectivity index (χ0n) is 2.46. The zero-order chi connectivity index (χ0) is 4.12. The van der Waals surface area contributed by atoms with Crippen molar-refractivity contribution < 1.29 is 0 Å². The van der Waals surface area contributed by atoms with Gasteiger partial charge in [-0.1, -0.05) is 0 Å². The van der Waals surface area contributed by atoms with E-state index in [4.69, 9.17) is 4.91 Å². The van der Waals surface area contributed by atoms with E-state index in [0.29, 0.717) is 0 Å². The fourth-order valence-corrected chi connectivity index (χ4v) is 0.0272. The molecule has 0 saturated carbocycles. The van der Waals surface area contributed by atoms with Gasteiger partial charge in [-0.15, -0.1) is 10.0 Å². The average molecular weight is 73.1 g/mol. The van der Waals surface area contributed by atoms with E-state index in [1.807, 2.05) is 5.29 Å². The van der Waals surface area contributed by atoms with Gasteiger partial charge in [-0.2, -0.15) is 0 Å². The molecule has 0 aromatic carbocycles. The largest absolute Gasteiger partial charge is 0.388 e. The number of nitrogens with two attached hydrogens (primary N) is 1. The van der Waals surface area contributed by atoms with Crippen molar-refractivity contribution in [3.8, 4) is 0 Å². The molecule has 5 heavy (non-hydrogen) atoms. The standard InChI is InChI=1S/CH3N3O/c2-1-3-4-5/h1H,(H2,2,3,5). The molecule has 0 radical (unpaired) electrons. The minimum atomic E-state index is 0.826. The van der Waals surface area contributed by atoms with E-state index in [1.165, 1.54) is 0 Å². The molecule has 0 aliphatic heterocycles. The van der Waals surface area contributed by atoms with E-state index < -0.39 is 0 Å². The van der Waals surface area contributed by atoms with Gasteiger partial charge in [0.1, 0.15) is 6.34 Å². The van der Waals surface area contributed by atoms with Crippen molar-refractivity contribution in [3.05, 3.63) is 4.91 Å². The van der Waals surface area contributed by atoms with Crippen molar-refractivity contribution in [2.75, 3.05) is 0 Å². The SMILES string of the molecule is NC=NN=O. The summed E-state index contributed by atoms with van der Waals surface area (Å²) >= 11 is 0. The summed E-state index contributed by atoms with van der Waals surface area (Å²) in [6.07, 6.45) is 0.826. The molecule has 0 heterocycles. The lowest BCUT2D eigenvalue weighted by Crippen LogP contribution is -1.84. The van der Waals surface area contributed by atoms with Crippen LogP contribution < -0.4 is 5.73 Å². The fraction of sp³-hybridized carbons (Fsp3) is 0. The Labute approximate surface area is 28.6 Å². The third kappa shape index (κ3) is 3.07. The molecule has 0 aliphatic rings. The lowest BCUT2D eigenvalue weighted by atomic mass is 11.4. The second-order valence-electron chi connectivity index (χ2n) is 0.346. The maximum Gasteiger partial charge on any atom is 0.112 e. The topological polar surface area (TPSA) is 67.8 Å². The first kappa shape index (κ1) is 4.07. The summed E-state index contributed by atoms with van der Waals surface area (Å²) in [5, 5.41) is 4.74. The normalized spacial score (nSPS) is 8.80. The molecule has 4 nitrogen and oxygen atoms in total. The van der Waals surface area contributed by atoms with E-state index in [-0.39, 0.29) is 0 Å². The Morgan fingerprint density at radius 2 is 2.40 bits per heavy atom. The smallest absolute Gasteiger partial charge is 0.112 e. The van der Waals surface area contributed by atoms with Crippen molar-refractivity contribution in [2.24, 2.45) is 16.1 Å². The summed E-state index contributed by atoms with van der Waals surface area (Å²) in [7, 11) is 0. The summed E-state index contributed by atoms with van der Waals surface area (Å²) in [5.41, 5.74) is 4.55. The molecule has 0 fully saturated rings. The van der Waals surface area contributed by atoms with Gasteiger partial charge < -0.3 is 5.73 Å². The molecule has 0 aliphatic carbocycles. The van der Waals surface area contributed by atoms with Crippen LogP contribution in [0.3, 0.4) is 0 Å². The van der Waals surface area contributed by atoms with E-state index in [0.717, 1.165) is 6.34 Å². The van der Waals surface area contributed by atoms with Gasteiger partial charge in [-0.25, -0.2) is 0 Å². The molecule has 0 spiro atoms. The third-order valence-corrected chi connectivity index (χ3v) is 0.114. The fourth-order valence-electron chi connectivity index (χ4n) is 0.0272. The van der Waals surface area contributed by atoms with Crippen molar-refractivity contribution in [1.82, 2.24) is 0 Å². The molecular formula is CH3N3O. The van der Waals surface area contributed by atoms with Crippen LogP contribution in [-0.4, -0.2) is 6.34 Å². The van der Waals surface area contributed by atoms with Gasteiger partial charge in [0.25, 0.3) is 0 Å². The molecule has 0 aromatic heterocycles. The highest BCUT2D eigenvalue weighted by atomic mass is 16.3. The van der Waals surface area contributed by atoms with Crippen molar-refractivity contribution >= 4 is 6.34 Å². The van der Waals surface area contributed by atoms with Crippen LogP contribution in [0.15, 0.2) is 10.4 Å². The highest BCUT2D eigenvalue weighted by molar-refractivity contribution is 5.50. The van der Waals surface area contributed by atoms with Crippen LogP contribution >= 0.6 is 0 Å². The minimum absolute atomic E-state index is 0.826. The average Bonchev–Trinajstić information content (AvgIpc) is 1.41. The zero-order valence-corrected chi connectivity index (χ0v) is 2.46. The summed E-state index contributed by atoms with van der Waals surface area (Å²) in [6, 6.07) is 0. The Balaban J connectivity index is 2.92. The van der Waals surface area contributed by atoms with Crippen LogP contribution in [-0.2, 0) is 0 Å². The van der Waals surface area contributed by atoms with Crippen LogP contribution in [0.2, 0.25) is 0 Å². The molecule has 0 amide bonds. The van der Waals surface area contributed by atoms with Crippen LogP contribution in [0.4, 0.5) is 0 Å². The number of nitroso groups, excluding NO2 is 1. The highest BCUT2D eigenvalue weighted by Crippen LogP contribution is 1.53. The quantitative estimate of drug-likeness (QED) is 0.199. The van der Waals surface area contributed by atoms with E-state index in [2.05, 4.69) is 10.8 Å². The van der Waals surface area contributed by atoms with E-state index >= 15 is 0 Å². The number of nitrogens with zero attached hydrogens (tertiary/aromatic N) is 2. The van der Waals surface area contributed by atoms with Crippen molar-refractivity contribution in [1.29, 1.82) is 0 Å². The minimum Gasteiger partial charge on any atom is -0.388 e. The Morgan fingerprint density at radius 1 is 1.80 bits per heavy atom. The first-order valence-electron chi connectivity index (χ1n) is 0.974. The van der Waals surface area contributed by atoms with Gasteiger partial charge in [0.2, 0.25) is 0 Å². The van der Waals surface area contributed by atoms with Gasteiger partial charge in [-0.05, 0) is 0 Å². The van der Waals surface area contributed by atoms with Gasteiger partial charge in [0.05, 0.1) is 5.29 Å². The predicted molar refractivity (Wildman–Crippen MR) is 18.5 cm³/mol. The molecule has 0 atom stereocenters. The second-order valence-corrected chi connectivity index (χ2v) is 0.346. The summed E-state index contributed by atoms with van der Waals surface area (Å²) in [5.74, 6) is 0. The van der Waals surface area contributed by atoms with Gasteiger partial charge >= 0.3 is 0 Å². The molecule has 0 saturated heterocycles. The van der Waals surface area contributed by atoms with Gasteiger partial charge in [-0.3, -0.25) is 0 Å². The van der Waals surface area contributed by atoms with Gasteiger partial charge in [0, 0.05) is 0 Å². The summed E-state index contributed by atoms with van der Waals surface area (Å²) < 4.78 is 0. The van der Waals surface area contributed by atoms with E-state index in [1.54, 1.807) is 0 Å². The third-order valence-electron chi connectivity index (χ3n) is 0.114. The Bertz CT molecular complexity index is 48.9. The highest BCUT2D eigenvalue weighted by Gasteiger charge is 1.46. The number of hydrogen-bond acceptors (Lipinski definition) is 2. The van der Waals surface area contributed by atoms with Crippen LogP contribution in [0.1, 0.15) is 0 Å².